The second-order valence-electron chi connectivity index (χ2n) is 7.65. The molecule has 31 heavy (non-hydrogen) atoms. The largest absolute Gasteiger partial charge is 0.348 e. The van der Waals surface area contributed by atoms with E-state index in [4.69, 9.17) is 0 Å². The van der Waals surface area contributed by atoms with Gasteiger partial charge in [0.25, 0.3) is 0 Å². The fraction of sp³-hybridized carbons (Fsp3) is 0.208. The van der Waals surface area contributed by atoms with Gasteiger partial charge in [-0.1, -0.05) is 54.2 Å². The topological polar surface area (TPSA) is 68.0 Å². The van der Waals surface area contributed by atoms with E-state index in [0.717, 1.165) is 46.1 Å². The summed E-state index contributed by atoms with van der Waals surface area (Å²) in [6.07, 6.45) is 0.943. The molecule has 3 heterocycles. The van der Waals surface area contributed by atoms with Crippen molar-refractivity contribution < 1.29 is 4.79 Å². The summed E-state index contributed by atoms with van der Waals surface area (Å²) in [5.41, 5.74) is 6.13. The maximum absolute atomic E-state index is 13.0. The predicted molar refractivity (Wildman–Crippen MR) is 124 cm³/mol. The SMILES string of the molecule is Cc1cc(C(=O)CSc2n[nH]c3nc4ccccc4n23)c(C)n1CCc1ccccc1. The molecule has 0 atom stereocenters. The molecule has 6 nitrogen and oxygen atoms in total. The van der Waals surface area contributed by atoms with Gasteiger partial charge in [-0.25, -0.2) is 10.1 Å². The number of hydrogen-bond acceptors (Lipinski definition) is 4. The van der Waals surface area contributed by atoms with Crippen molar-refractivity contribution in [2.45, 2.75) is 32.0 Å². The number of imidazole rings is 1. The van der Waals surface area contributed by atoms with E-state index in [9.17, 15) is 4.79 Å². The molecule has 0 aliphatic heterocycles. The number of aromatic amines is 1. The zero-order chi connectivity index (χ0) is 21.4. The number of benzene rings is 2. The molecule has 0 unspecified atom stereocenters. The number of Topliss-reactive ketones (excluding diaryl/α,β-unsaturated/α-hetero) is 1. The molecule has 0 saturated heterocycles. The molecule has 0 bridgehead atoms. The lowest BCUT2D eigenvalue weighted by molar-refractivity contribution is 0.102. The maximum atomic E-state index is 13.0. The summed E-state index contributed by atoms with van der Waals surface area (Å²) >= 11 is 1.43. The molecule has 0 fully saturated rings. The van der Waals surface area contributed by atoms with E-state index in [1.54, 1.807) is 0 Å². The first-order valence-corrected chi connectivity index (χ1v) is 11.3. The number of nitrogens with one attached hydrogen (secondary N) is 1. The molecule has 156 valence electrons. The van der Waals surface area contributed by atoms with Crippen LogP contribution in [0.4, 0.5) is 0 Å². The van der Waals surface area contributed by atoms with E-state index in [0.29, 0.717) is 11.5 Å². The zero-order valence-corrected chi connectivity index (χ0v) is 18.3. The Hall–Kier alpha value is -3.32. The van der Waals surface area contributed by atoms with E-state index < -0.39 is 0 Å². The Balaban J connectivity index is 1.32. The van der Waals surface area contributed by atoms with Gasteiger partial charge in [-0.3, -0.25) is 9.20 Å². The molecule has 7 heteroatoms. The minimum Gasteiger partial charge on any atom is -0.348 e. The number of fused-ring (bicyclic) bond motifs is 3. The lowest BCUT2D eigenvalue weighted by Crippen LogP contribution is -2.08. The van der Waals surface area contributed by atoms with Crippen LogP contribution in [0.2, 0.25) is 0 Å². The Morgan fingerprint density at radius 3 is 2.68 bits per heavy atom. The molecule has 0 aliphatic carbocycles. The quantitative estimate of drug-likeness (QED) is 0.297. The van der Waals surface area contributed by atoms with E-state index in [-0.39, 0.29) is 5.78 Å². The van der Waals surface area contributed by atoms with E-state index >= 15 is 0 Å². The van der Waals surface area contributed by atoms with Crippen LogP contribution in [0.3, 0.4) is 0 Å². The van der Waals surface area contributed by atoms with Crippen LogP contribution in [-0.2, 0) is 13.0 Å². The number of carbonyl (C=O) groups is 1. The van der Waals surface area contributed by atoms with Crippen LogP contribution in [0, 0.1) is 13.8 Å². The summed E-state index contributed by atoms with van der Waals surface area (Å²) in [5.74, 6) is 1.13. The fourth-order valence-corrected chi connectivity index (χ4v) is 4.90. The molecule has 5 rings (SSSR count). The van der Waals surface area contributed by atoms with Gasteiger partial charge >= 0.3 is 0 Å². The lowest BCUT2D eigenvalue weighted by atomic mass is 10.1. The molecule has 0 spiro atoms. The van der Waals surface area contributed by atoms with Crippen LogP contribution in [0.5, 0.6) is 0 Å². The zero-order valence-electron chi connectivity index (χ0n) is 17.5. The molecule has 1 N–H and O–H groups in total. The third kappa shape index (κ3) is 3.65. The molecule has 0 amide bonds. The summed E-state index contributed by atoms with van der Waals surface area (Å²) < 4.78 is 4.21. The number of carbonyl (C=O) groups excluding carboxylic acids is 1. The lowest BCUT2D eigenvalue weighted by Gasteiger charge is -2.10. The highest BCUT2D eigenvalue weighted by atomic mass is 32.2. The van der Waals surface area contributed by atoms with Gasteiger partial charge in [0.15, 0.2) is 10.9 Å². The van der Waals surface area contributed by atoms with Crippen LogP contribution in [-0.4, -0.2) is 35.7 Å². The summed E-state index contributed by atoms with van der Waals surface area (Å²) in [7, 11) is 0. The van der Waals surface area contributed by atoms with Crippen LogP contribution in [0.25, 0.3) is 16.8 Å². The summed E-state index contributed by atoms with van der Waals surface area (Å²) in [4.78, 5) is 17.6. The number of thioether (sulfide) groups is 1. The van der Waals surface area contributed by atoms with Crippen molar-refractivity contribution in [2.75, 3.05) is 5.75 Å². The van der Waals surface area contributed by atoms with Crippen LogP contribution >= 0.6 is 11.8 Å². The Labute approximate surface area is 184 Å². The van der Waals surface area contributed by atoms with E-state index in [1.165, 1.54) is 17.3 Å². The van der Waals surface area contributed by atoms with Gasteiger partial charge < -0.3 is 4.57 Å². The Morgan fingerprint density at radius 1 is 1.06 bits per heavy atom. The Bertz CT molecular complexity index is 1380. The predicted octanol–water partition coefficient (Wildman–Crippen LogP) is 4.85. The first-order chi connectivity index (χ1) is 15.1. The molecule has 3 aromatic heterocycles. The summed E-state index contributed by atoms with van der Waals surface area (Å²) in [6, 6.07) is 20.4. The van der Waals surface area contributed by atoms with Gasteiger partial charge in [0.05, 0.1) is 16.8 Å². The highest BCUT2D eigenvalue weighted by Gasteiger charge is 2.18. The molecule has 0 saturated carbocycles. The molecule has 5 aromatic rings. The molecular weight excluding hydrogens is 406 g/mol. The number of aromatic nitrogens is 5. The van der Waals surface area contributed by atoms with Crippen molar-refractivity contribution in [1.82, 2.24) is 24.1 Å². The minimum atomic E-state index is 0.115. The maximum Gasteiger partial charge on any atom is 0.231 e. The number of aryl methyl sites for hydroxylation is 2. The summed E-state index contributed by atoms with van der Waals surface area (Å²) in [6.45, 7) is 4.96. The van der Waals surface area contributed by atoms with E-state index in [2.05, 4.69) is 50.9 Å². The second-order valence-corrected chi connectivity index (χ2v) is 8.59. The van der Waals surface area contributed by atoms with Crippen molar-refractivity contribution >= 4 is 34.4 Å². The molecule has 0 aliphatic rings. The number of H-pyrrole nitrogens is 1. The van der Waals surface area contributed by atoms with Crippen molar-refractivity contribution in [2.24, 2.45) is 0 Å². The van der Waals surface area contributed by atoms with Gasteiger partial charge in [0.1, 0.15) is 0 Å². The number of para-hydroxylation sites is 2. The Kier molecular flexibility index (Phi) is 5.11. The molecule has 0 radical (unpaired) electrons. The van der Waals surface area contributed by atoms with E-state index in [1.807, 2.05) is 47.7 Å². The van der Waals surface area contributed by atoms with Gasteiger partial charge in [-0.15, -0.1) is 5.10 Å². The van der Waals surface area contributed by atoms with Gasteiger partial charge in [0.2, 0.25) is 5.78 Å². The third-order valence-corrected chi connectivity index (χ3v) is 6.62. The fourth-order valence-electron chi connectivity index (χ4n) is 4.06. The van der Waals surface area contributed by atoms with Gasteiger partial charge in [0, 0.05) is 23.5 Å². The van der Waals surface area contributed by atoms with Gasteiger partial charge in [-0.05, 0) is 44.0 Å². The van der Waals surface area contributed by atoms with Crippen molar-refractivity contribution in [3.63, 3.8) is 0 Å². The average molecular weight is 430 g/mol. The van der Waals surface area contributed by atoms with Crippen LogP contribution < -0.4 is 0 Å². The summed E-state index contributed by atoms with van der Waals surface area (Å²) in [5, 5.41) is 8.07. The normalized spacial score (nSPS) is 11.5. The number of hydrogen-bond donors (Lipinski definition) is 1. The van der Waals surface area contributed by atoms with Crippen molar-refractivity contribution in [3.05, 3.63) is 83.2 Å². The number of nitrogens with zero attached hydrogens (tertiary/aromatic N) is 4. The second kappa shape index (κ2) is 8.07. The van der Waals surface area contributed by atoms with Crippen LogP contribution in [0.1, 0.15) is 27.3 Å². The molecule has 2 aromatic carbocycles. The number of ketones is 1. The highest BCUT2D eigenvalue weighted by molar-refractivity contribution is 7.99. The first kappa shape index (κ1) is 19.6. The van der Waals surface area contributed by atoms with Crippen molar-refractivity contribution in [3.8, 4) is 0 Å². The van der Waals surface area contributed by atoms with Gasteiger partial charge in [-0.2, -0.15) is 0 Å². The molecular formula is C24H23N5OS. The van der Waals surface area contributed by atoms with Crippen LogP contribution in [0.15, 0.2) is 65.8 Å². The number of rotatable bonds is 7. The highest BCUT2D eigenvalue weighted by Crippen LogP contribution is 2.25. The Morgan fingerprint density at radius 2 is 1.84 bits per heavy atom. The monoisotopic (exact) mass is 429 g/mol. The standard InChI is InChI=1S/C24H23N5OS/c1-16-14-19(17(2)28(16)13-12-18-8-4-3-5-9-18)22(30)15-31-24-27-26-23-25-20-10-6-7-11-21(20)29(23)24/h3-11,14H,12-13,15H2,1-2H3,(H,25,26). The smallest absolute Gasteiger partial charge is 0.231 e. The first-order valence-electron chi connectivity index (χ1n) is 10.3. The average Bonchev–Trinajstić information content (AvgIpc) is 3.43. The van der Waals surface area contributed by atoms with Crippen molar-refractivity contribution in [1.29, 1.82) is 0 Å². The minimum absolute atomic E-state index is 0.115. The third-order valence-electron chi connectivity index (χ3n) is 5.68.